The SMILES string of the molecule is COc1cccc(OCC(=O)Nc2ccc(-c3ccc(N4CCCCCC4)nn3)cc2)c1. The molecule has 0 atom stereocenters. The van der Waals surface area contributed by atoms with E-state index in [1.165, 1.54) is 25.7 Å². The molecule has 3 aromatic rings. The number of anilines is 2. The highest BCUT2D eigenvalue weighted by molar-refractivity contribution is 5.92. The summed E-state index contributed by atoms with van der Waals surface area (Å²) in [6.45, 7) is 2.01. The Morgan fingerprint density at radius 2 is 1.69 bits per heavy atom. The molecule has 2 aromatic carbocycles. The summed E-state index contributed by atoms with van der Waals surface area (Å²) in [5.74, 6) is 1.97. The van der Waals surface area contributed by atoms with Crippen LogP contribution in [-0.2, 0) is 4.79 Å². The van der Waals surface area contributed by atoms with Crippen molar-refractivity contribution in [1.29, 1.82) is 0 Å². The highest BCUT2D eigenvalue weighted by Gasteiger charge is 2.12. The third-order valence-electron chi connectivity index (χ3n) is 5.46. The van der Waals surface area contributed by atoms with Gasteiger partial charge in [0.15, 0.2) is 12.4 Å². The predicted molar refractivity (Wildman–Crippen MR) is 125 cm³/mol. The highest BCUT2D eigenvalue weighted by Crippen LogP contribution is 2.23. The van der Waals surface area contributed by atoms with Crippen LogP contribution in [0.25, 0.3) is 11.3 Å². The van der Waals surface area contributed by atoms with Crippen molar-refractivity contribution in [3.63, 3.8) is 0 Å². The lowest BCUT2D eigenvalue weighted by Gasteiger charge is -2.20. The molecule has 166 valence electrons. The number of carbonyl (C=O) groups excluding carboxylic acids is 1. The number of amides is 1. The molecule has 1 N–H and O–H groups in total. The third kappa shape index (κ3) is 5.75. The van der Waals surface area contributed by atoms with E-state index in [2.05, 4.69) is 20.4 Å². The number of benzene rings is 2. The number of hydrogen-bond acceptors (Lipinski definition) is 6. The summed E-state index contributed by atoms with van der Waals surface area (Å²) in [5, 5.41) is 11.7. The van der Waals surface area contributed by atoms with Crippen molar-refractivity contribution >= 4 is 17.4 Å². The van der Waals surface area contributed by atoms with Gasteiger partial charge in [-0.25, -0.2) is 0 Å². The van der Waals surface area contributed by atoms with Gasteiger partial charge in [0.25, 0.3) is 5.91 Å². The maximum Gasteiger partial charge on any atom is 0.262 e. The van der Waals surface area contributed by atoms with E-state index in [-0.39, 0.29) is 12.5 Å². The summed E-state index contributed by atoms with van der Waals surface area (Å²) in [5.41, 5.74) is 2.45. The van der Waals surface area contributed by atoms with E-state index in [1.54, 1.807) is 19.2 Å². The van der Waals surface area contributed by atoms with Crippen LogP contribution in [0.5, 0.6) is 11.5 Å². The fraction of sp³-hybridized carbons (Fsp3) is 0.320. The standard InChI is InChI=1S/C25H28N4O3/c1-31-21-7-6-8-22(17-21)32-18-25(30)26-20-11-9-19(10-12-20)23-13-14-24(28-27-23)29-15-4-2-3-5-16-29/h6-14,17H,2-5,15-16,18H2,1H3,(H,26,30). The number of aromatic nitrogens is 2. The lowest BCUT2D eigenvalue weighted by molar-refractivity contribution is -0.118. The normalized spacial score (nSPS) is 13.8. The Morgan fingerprint density at radius 1 is 0.938 bits per heavy atom. The van der Waals surface area contributed by atoms with Gasteiger partial charge >= 0.3 is 0 Å². The molecule has 0 saturated carbocycles. The van der Waals surface area contributed by atoms with Crippen LogP contribution in [0, 0.1) is 0 Å². The number of nitrogens with one attached hydrogen (secondary N) is 1. The lowest BCUT2D eigenvalue weighted by Crippen LogP contribution is -2.25. The second-order valence-corrected chi connectivity index (χ2v) is 7.77. The van der Waals surface area contributed by atoms with Crippen LogP contribution >= 0.6 is 0 Å². The number of nitrogens with zero attached hydrogens (tertiary/aromatic N) is 3. The largest absolute Gasteiger partial charge is 0.497 e. The molecular formula is C25H28N4O3. The summed E-state index contributed by atoms with van der Waals surface area (Å²) in [7, 11) is 1.59. The number of methoxy groups -OCH3 is 1. The molecule has 2 heterocycles. The molecule has 1 saturated heterocycles. The van der Waals surface area contributed by atoms with Gasteiger partial charge in [-0.15, -0.1) is 10.2 Å². The van der Waals surface area contributed by atoms with Crippen molar-refractivity contribution in [2.45, 2.75) is 25.7 Å². The average molecular weight is 433 g/mol. The minimum atomic E-state index is -0.234. The van der Waals surface area contributed by atoms with Gasteiger partial charge < -0.3 is 19.7 Å². The molecule has 4 rings (SSSR count). The molecular weight excluding hydrogens is 404 g/mol. The van der Waals surface area contributed by atoms with Crippen LogP contribution in [0.3, 0.4) is 0 Å². The van der Waals surface area contributed by atoms with Crippen LogP contribution in [0.4, 0.5) is 11.5 Å². The van der Waals surface area contributed by atoms with Gasteiger partial charge in [0, 0.05) is 30.4 Å². The minimum Gasteiger partial charge on any atom is -0.497 e. The van der Waals surface area contributed by atoms with Gasteiger partial charge in [-0.05, 0) is 49.2 Å². The maximum atomic E-state index is 12.2. The molecule has 0 radical (unpaired) electrons. The van der Waals surface area contributed by atoms with Gasteiger partial charge in [0.1, 0.15) is 11.5 Å². The summed E-state index contributed by atoms with van der Waals surface area (Å²) in [6, 6.07) is 18.7. The molecule has 0 aliphatic carbocycles. The molecule has 0 bridgehead atoms. The zero-order valence-electron chi connectivity index (χ0n) is 18.3. The summed E-state index contributed by atoms with van der Waals surface area (Å²) in [6.07, 6.45) is 5.00. The lowest BCUT2D eigenvalue weighted by atomic mass is 10.1. The fourth-order valence-electron chi connectivity index (χ4n) is 3.71. The van der Waals surface area contributed by atoms with E-state index in [4.69, 9.17) is 9.47 Å². The molecule has 0 unspecified atom stereocenters. The van der Waals surface area contributed by atoms with Gasteiger partial charge in [0.05, 0.1) is 12.8 Å². The molecule has 1 amide bonds. The first kappa shape index (κ1) is 21.6. The first-order chi connectivity index (χ1) is 15.7. The van der Waals surface area contributed by atoms with Crippen LogP contribution in [0.2, 0.25) is 0 Å². The number of rotatable bonds is 7. The number of carbonyl (C=O) groups is 1. The number of ether oxygens (including phenoxy) is 2. The van der Waals surface area contributed by atoms with Gasteiger partial charge in [-0.1, -0.05) is 31.0 Å². The zero-order chi connectivity index (χ0) is 22.2. The van der Waals surface area contributed by atoms with Crippen LogP contribution < -0.4 is 19.7 Å². The average Bonchev–Trinajstić information content (AvgIpc) is 3.13. The van der Waals surface area contributed by atoms with Gasteiger partial charge in [0.2, 0.25) is 0 Å². The van der Waals surface area contributed by atoms with E-state index in [9.17, 15) is 4.79 Å². The van der Waals surface area contributed by atoms with Crippen LogP contribution in [0.1, 0.15) is 25.7 Å². The van der Waals surface area contributed by atoms with E-state index in [0.29, 0.717) is 17.2 Å². The maximum absolute atomic E-state index is 12.2. The van der Waals surface area contributed by atoms with Crippen molar-refractivity contribution < 1.29 is 14.3 Å². The molecule has 1 aliphatic rings. The van der Waals surface area contributed by atoms with E-state index >= 15 is 0 Å². The monoisotopic (exact) mass is 432 g/mol. The Bertz CT molecular complexity index is 1010. The molecule has 0 spiro atoms. The first-order valence-corrected chi connectivity index (χ1v) is 11.0. The van der Waals surface area contributed by atoms with Crippen molar-refractivity contribution in [2.75, 3.05) is 37.0 Å². The fourth-order valence-corrected chi connectivity index (χ4v) is 3.71. The van der Waals surface area contributed by atoms with E-state index in [1.807, 2.05) is 48.5 Å². The smallest absolute Gasteiger partial charge is 0.262 e. The van der Waals surface area contributed by atoms with Gasteiger partial charge in [-0.3, -0.25) is 4.79 Å². The molecule has 32 heavy (non-hydrogen) atoms. The predicted octanol–water partition coefficient (Wildman–Crippen LogP) is 4.55. The summed E-state index contributed by atoms with van der Waals surface area (Å²) >= 11 is 0. The Balaban J connectivity index is 1.31. The Kier molecular flexibility index (Phi) is 7.17. The van der Waals surface area contributed by atoms with Gasteiger partial charge in [-0.2, -0.15) is 0 Å². The summed E-state index contributed by atoms with van der Waals surface area (Å²) in [4.78, 5) is 14.5. The second kappa shape index (κ2) is 10.6. The first-order valence-electron chi connectivity index (χ1n) is 11.0. The Hall–Kier alpha value is -3.61. The quantitative estimate of drug-likeness (QED) is 0.590. The van der Waals surface area contributed by atoms with Crippen LogP contribution in [-0.4, -0.2) is 42.9 Å². The zero-order valence-corrected chi connectivity index (χ0v) is 18.3. The summed E-state index contributed by atoms with van der Waals surface area (Å²) < 4.78 is 10.7. The Labute approximate surface area is 188 Å². The molecule has 1 aromatic heterocycles. The van der Waals surface area contributed by atoms with Crippen molar-refractivity contribution in [2.24, 2.45) is 0 Å². The minimum absolute atomic E-state index is 0.0850. The third-order valence-corrected chi connectivity index (χ3v) is 5.46. The van der Waals surface area contributed by atoms with Crippen molar-refractivity contribution in [3.8, 4) is 22.8 Å². The molecule has 1 aliphatic heterocycles. The molecule has 7 heteroatoms. The second-order valence-electron chi connectivity index (χ2n) is 7.77. The van der Waals surface area contributed by atoms with Crippen LogP contribution in [0.15, 0.2) is 60.7 Å². The van der Waals surface area contributed by atoms with E-state index in [0.717, 1.165) is 30.2 Å². The molecule has 1 fully saturated rings. The number of hydrogen-bond donors (Lipinski definition) is 1. The van der Waals surface area contributed by atoms with E-state index < -0.39 is 0 Å². The van der Waals surface area contributed by atoms with Crippen molar-refractivity contribution in [1.82, 2.24) is 10.2 Å². The Morgan fingerprint density at radius 3 is 2.38 bits per heavy atom. The molecule has 7 nitrogen and oxygen atoms in total. The highest BCUT2D eigenvalue weighted by atomic mass is 16.5. The van der Waals surface area contributed by atoms with Crippen molar-refractivity contribution in [3.05, 3.63) is 60.7 Å². The topological polar surface area (TPSA) is 76.6 Å².